The van der Waals surface area contributed by atoms with Gasteiger partial charge in [0.2, 0.25) is 0 Å². The van der Waals surface area contributed by atoms with Crippen LogP contribution in [0.5, 0.6) is 0 Å². The molecule has 5 nitrogen and oxygen atoms in total. The number of unbranched alkanes of at least 4 members (excludes halogenated alkanes) is 1. The van der Waals surface area contributed by atoms with Crippen molar-refractivity contribution in [1.82, 2.24) is 5.32 Å². The molecule has 0 aliphatic heterocycles. The van der Waals surface area contributed by atoms with Crippen LogP contribution in [-0.4, -0.2) is 26.5 Å². The zero-order chi connectivity index (χ0) is 17.4. The van der Waals surface area contributed by atoms with E-state index in [1.54, 1.807) is 24.3 Å². The molecule has 1 N–H and O–H groups in total. The van der Waals surface area contributed by atoms with Crippen molar-refractivity contribution in [3.63, 3.8) is 0 Å². The molecule has 0 aliphatic rings. The van der Waals surface area contributed by atoms with Crippen molar-refractivity contribution in [3.8, 4) is 0 Å². The Morgan fingerprint density at radius 3 is 2.00 bits per heavy atom. The third-order valence-electron chi connectivity index (χ3n) is 3.59. The molecule has 0 heterocycles. The molecule has 0 fully saturated rings. The zero-order valence-corrected chi connectivity index (χ0v) is 14.5. The third-order valence-corrected chi connectivity index (χ3v) is 3.59. The Morgan fingerprint density at radius 1 is 0.958 bits per heavy atom. The van der Waals surface area contributed by atoms with Crippen LogP contribution in [0.2, 0.25) is 0 Å². The average Bonchev–Trinajstić information content (AvgIpc) is 2.61. The highest BCUT2D eigenvalue weighted by Crippen LogP contribution is 2.21. The Bertz CT molecular complexity index is 676. The lowest BCUT2D eigenvalue weighted by atomic mass is 10.2. The number of nitrogens with zero attached hydrogens (tertiary/aromatic N) is 3. The van der Waals surface area contributed by atoms with Crippen molar-refractivity contribution in [3.05, 3.63) is 54.1 Å². The Hall–Kier alpha value is -2.69. The predicted octanol–water partition coefficient (Wildman–Crippen LogP) is 4.70. The number of rotatable bonds is 7. The fourth-order valence-corrected chi connectivity index (χ4v) is 2.09. The van der Waals surface area contributed by atoms with Crippen LogP contribution in [0.3, 0.4) is 0 Å². The van der Waals surface area contributed by atoms with Crippen LogP contribution in [0.25, 0.3) is 0 Å². The summed E-state index contributed by atoms with van der Waals surface area (Å²) in [6.45, 7) is 2.81. The Labute approximate surface area is 143 Å². The summed E-state index contributed by atoms with van der Waals surface area (Å²) in [5, 5.41) is 11.3. The maximum absolute atomic E-state index is 11.9. The second-order valence-electron chi connectivity index (χ2n) is 5.77. The van der Waals surface area contributed by atoms with Gasteiger partial charge < -0.3 is 10.2 Å². The highest BCUT2D eigenvalue weighted by molar-refractivity contribution is 5.94. The molecule has 0 radical (unpaired) electrons. The minimum absolute atomic E-state index is 0.0498. The number of anilines is 1. The van der Waals surface area contributed by atoms with Gasteiger partial charge in [0.1, 0.15) is 0 Å². The molecule has 0 saturated heterocycles. The Balaban J connectivity index is 1.96. The van der Waals surface area contributed by atoms with E-state index in [1.807, 2.05) is 43.3 Å². The molecule has 2 aromatic rings. The van der Waals surface area contributed by atoms with Gasteiger partial charge in [-0.1, -0.05) is 13.3 Å². The lowest BCUT2D eigenvalue weighted by Gasteiger charge is -2.11. The second-order valence-corrected chi connectivity index (χ2v) is 5.77. The van der Waals surface area contributed by atoms with Crippen LogP contribution in [0.15, 0.2) is 58.8 Å². The van der Waals surface area contributed by atoms with Crippen LogP contribution in [0.4, 0.5) is 17.1 Å². The molecule has 2 aromatic carbocycles. The topological polar surface area (TPSA) is 57.1 Å². The molecule has 0 saturated carbocycles. The van der Waals surface area contributed by atoms with E-state index in [2.05, 4.69) is 22.5 Å². The molecular weight excluding hydrogens is 300 g/mol. The van der Waals surface area contributed by atoms with Gasteiger partial charge in [0, 0.05) is 31.9 Å². The SMILES string of the molecule is CCCCNC(=O)c1ccc(N=Nc2ccc(N(C)C)cc2)cc1. The van der Waals surface area contributed by atoms with Gasteiger partial charge in [0.05, 0.1) is 11.4 Å². The quantitative estimate of drug-likeness (QED) is 0.593. The molecule has 126 valence electrons. The van der Waals surface area contributed by atoms with Gasteiger partial charge in [-0.2, -0.15) is 10.2 Å². The summed E-state index contributed by atoms with van der Waals surface area (Å²) < 4.78 is 0. The molecule has 2 rings (SSSR count). The maximum Gasteiger partial charge on any atom is 0.251 e. The molecule has 0 atom stereocenters. The van der Waals surface area contributed by atoms with E-state index in [1.165, 1.54) is 0 Å². The predicted molar refractivity (Wildman–Crippen MR) is 98.6 cm³/mol. The zero-order valence-electron chi connectivity index (χ0n) is 14.5. The number of azo groups is 1. The molecular formula is C19H24N4O. The summed E-state index contributed by atoms with van der Waals surface area (Å²) >= 11 is 0. The molecule has 0 aromatic heterocycles. The van der Waals surface area contributed by atoms with Crippen LogP contribution in [0.1, 0.15) is 30.1 Å². The van der Waals surface area contributed by atoms with Crippen molar-refractivity contribution in [2.24, 2.45) is 10.2 Å². The van der Waals surface area contributed by atoms with Crippen LogP contribution in [0, 0.1) is 0 Å². The fraction of sp³-hybridized carbons (Fsp3) is 0.316. The van der Waals surface area contributed by atoms with E-state index < -0.39 is 0 Å². The number of amides is 1. The van der Waals surface area contributed by atoms with Gasteiger partial charge in [-0.3, -0.25) is 4.79 Å². The van der Waals surface area contributed by atoms with Crippen LogP contribution >= 0.6 is 0 Å². The molecule has 0 aliphatic carbocycles. The third kappa shape index (κ3) is 5.19. The van der Waals surface area contributed by atoms with Gasteiger partial charge in [0.15, 0.2) is 0 Å². The van der Waals surface area contributed by atoms with E-state index in [0.29, 0.717) is 12.1 Å². The van der Waals surface area contributed by atoms with Gasteiger partial charge in [-0.15, -0.1) is 0 Å². The van der Waals surface area contributed by atoms with Crippen molar-refractivity contribution in [2.75, 3.05) is 25.5 Å². The van der Waals surface area contributed by atoms with E-state index in [-0.39, 0.29) is 5.91 Å². The molecule has 0 bridgehead atoms. The van der Waals surface area contributed by atoms with Crippen molar-refractivity contribution in [2.45, 2.75) is 19.8 Å². The monoisotopic (exact) mass is 324 g/mol. The first-order chi connectivity index (χ1) is 11.6. The van der Waals surface area contributed by atoms with E-state index in [9.17, 15) is 4.79 Å². The average molecular weight is 324 g/mol. The summed E-state index contributed by atoms with van der Waals surface area (Å²) in [5.41, 5.74) is 3.27. The fourth-order valence-electron chi connectivity index (χ4n) is 2.09. The van der Waals surface area contributed by atoms with Crippen LogP contribution in [-0.2, 0) is 0 Å². The van der Waals surface area contributed by atoms with E-state index in [4.69, 9.17) is 0 Å². The Morgan fingerprint density at radius 2 is 1.50 bits per heavy atom. The minimum atomic E-state index is -0.0498. The Kier molecular flexibility index (Phi) is 6.49. The van der Waals surface area contributed by atoms with Crippen LogP contribution < -0.4 is 10.2 Å². The molecule has 5 heteroatoms. The summed E-state index contributed by atoms with van der Waals surface area (Å²) in [5.74, 6) is -0.0498. The minimum Gasteiger partial charge on any atom is -0.378 e. The smallest absolute Gasteiger partial charge is 0.251 e. The van der Waals surface area contributed by atoms with Gasteiger partial charge in [-0.25, -0.2) is 0 Å². The van der Waals surface area contributed by atoms with Crippen molar-refractivity contribution in [1.29, 1.82) is 0 Å². The highest BCUT2D eigenvalue weighted by atomic mass is 16.1. The van der Waals surface area contributed by atoms with Crippen molar-refractivity contribution < 1.29 is 4.79 Å². The summed E-state index contributed by atoms with van der Waals surface area (Å²) in [7, 11) is 3.99. The summed E-state index contributed by atoms with van der Waals surface area (Å²) in [4.78, 5) is 14.0. The lowest BCUT2D eigenvalue weighted by molar-refractivity contribution is 0.0953. The lowest BCUT2D eigenvalue weighted by Crippen LogP contribution is -2.24. The highest BCUT2D eigenvalue weighted by Gasteiger charge is 2.04. The standard InChI is InChI=1S/C19H24N4O/c1-4-5-14-20-19(24)15-6-8-16(9-7-15)21-22-17-10-12-18(13-11-17)23(2)3/h6-13H,4-5,14H2,1-3H3,(H,20,24). The number of carbonyl (C=O) groups excluding carboxylic acids is 1. The second kappa shape index (κ2) is 8.82. The van der Waals surface area contributed by atoms with E-state index >= 15 is 0 Å². The van der Waals surface area contributed by atoms with Gasteiger partial charge >= 0.3 is 0 Å². The molecule has 0 spiro atoms. The normalized spacial score (nSPS) is 10.8. The van der Waals surface area contributed by atoms with Gasteiger partial charge in [-0.05, 0) is 55.0 Å². The maximum atomic E-state index is 11.9. The first kappa shape index (κ1) is 17.7. The van der Waals surface area contributed by atoms with E-state index in [0.717, 1.165) is 29.9 Å². The van der Waals surface area contributed by atoms with Gasteiger partial charge in [0.25, 0.3) is 5.91 Å². The molecule has 24 heavy (non-hydrogen) atoms. The molecule has 1 amide bonds. The number of nitrogens with one attached hydrogen (secondary N) is 1. The number of benzene rings is 2. The number of hydrogen-bond acceptors (Lipinski definition) is 4. The first-order valence-electron chi connectivity index (χ1n) is 8.17. The molecule has 0 unspecified atom stereocenters. The number of carbonyl (C=O) groups is 1. The number of hydrogen-bond donors (Lipinski definition) is 1. The first-order valence-corrected chi connectivity index (χ1v) is 8.17. The largest absolute Gasteiger partial charge is 0.378 e. The summed E-state index contributed by atoms with van der Waals surface area (Å²) in [6, 6.07) is 15.0. The van der Waals surface area contributed by atoms with Crippen molar-refractivity contribution >= 4 is 23.0 Å². The summed E-state index contributed by atoms with van der Waals surface area (Å²) in [6.07, 6.45) is 2.06.